The zero-order valence-electron chi connectivity index (χ0n) is 25.8. The van der Waals surface area contributed by atoms with Crippen LogP contribution in [-0.4, -0.2) is 59.0 Å². The standard InChI is InChI=1S/C33H32Cl4O10/c1-18(13-24(40)30(34)35)32(42)46-26-11-7-20(15-28(26)44-3)5-9-22(38)17-23(39)10-6-21-8-12-27(29(16-21)45-4)47-33(43)19(2)14-25(41)31(36)37/h5-12,15-16,18-19,30-31H,13-14,17H2,1-4H3/b9-5+,10-6+. The Morgan fingerprint density at radius 3 is 1.30 bits per heavy atom. The second-order valence-corrected chi connectivity index (χ2v) is 12.4. The number of carbonyl (C=O) groups excluding carboxylic acids is 6. The fourth-order valence-corrected chi connectivity index (χ4v) is 4.13. The lowest BCUT2D eigenvalue weighted by atomic mass is 10.1. The minimum atomic E-state index is -1.24. The Hall–Kier alpha value is -3.70. The molecule has 0 saturated heterocycles. The Balaban J connectivity index is 1.98. The molecule has 0 amide bonds. The van der Waals surface area contributed by atoms with E-state index in [0.717, 1.165) is 0 Å². The van der Waals surface area contributed by atoms with Crippen molar-refractivity contribution in [1.29, 1.82) is 0 Å². The fourth-order valence-electron chi connectivity index (χ4n) is 3.78. The van der Waals surface area contributed by atoms with Crippen LogP contribution < -0.4 is 18.9 Å². The maximum Gasteiger partial charge on any atom is 0.314 e. The summed E-state index contributed by atoms with van der Waals surface area (Å²) in [5, 5.41) is 0. The van der Waals surface area contributed by atoms with Crippen LogP contribution in [0.5, 0.6) is 23.0 Å². The van der Waals surface area contributed by atoms with Crippen LogP contribution in [0.25, 0.3) is 12.2 Å². The molecule has 0 aliphatic rings. The summed E-state index contributed by atoms with van der Waals surface area (Å²) in [6, 6.07) is 9.14. The molecular formula is C33H32Cl4O10. The maximum atomic E-state index is 12.4. The molecule has 0 spiro atoms. The number of alkyl halides is 4. The van der Waals surface area contributed by atoms with E-state index in [1.807, 2.05) is 0 Å². The monoisotopic (exact) mass is 728 g/mol. The normalized spacial score (nSPS) is 12.6. The van der Waals surface area contributed by atoms with Crippen molar-refractivity contribution in [3.8, 4) is 23.0 Å². The van der Waals surface area contributed by atoms with Gasteiger partial charge >= 0.3 is 11.9 Å². The van der Waals surface area contributed by atoms with E-state index in [0.29, 0.717) is 11.1 Å². The third kappa shape index (κ3) is 13.1. The highest BCUT2D eigenvalue weighted by Crippen LogP contribution is 2.31. The Morgan fingerprint density at radius 1 is 0.617 bits per heavy atom. The van der Waals surface area contributed by atoms with E-state index >= 15 is 0 Å². The molecule has 0 heterocycles. The van der Waals surface area contributed by atoms with E-state index in [1.165, 1.54) is 76.6 Å². The highest BCUT2D eigenvalue weighted by atomic mass is 35.5. The van der Waals surface area contributed by atoms with Crippen LogP contribution in [0.1, 0.15) is 44.2 Å². The number of ether oxygens (including phenoxy) is 4. The molecule has 47 heavy (non-hydrogen) atoms. The van der Waals surface area contributed by atoms with Gasteiger partial charge in [0.05, 0.1) is 32.5 Å². The van der Waals surface area contributed by atoms with Gasteiger partial charge in [0.2, 0.25) is 0 Å². The van der Waals surface area contributed by atoms with Crippen LogP contribution in [0, 0.1) is 11.8 Å². The van der Waals surface area contributed by atoms with Crippen LogP contribution >= 0.6 is 46.4 Å². The molecule has 10 nitrogen and oxygen atoms in total. The molecule has 0 radical (unpaired) electrons. The molecule has 2 aromatic rings. The van der Waals surface area contributed by atoms with Crippen LogP contribution in [-0.2, 0) is 28.8 Å². The number of halogens is 4. The van der Waals surface area contributed by atoms with Gasteiger partial charge in [0.15, 0.2) is 55.8 Å². The van der Waals surface area contributed by atoms with Gasteiger partial charge < -0.3 is 18.9 Å². The summed E-state index contributed by atoms with van der Waals surface area (Å²) in [5.41, 5.74) is 1.06. The van der Waals surface area contributed by atoms with Crippen molar-refractivity contribution in [3.05, 3.63) is 59.7 Å². The summed E-state index contributed by atoms with van der Waals surface area (Å²) in [5.74, 6) is -4.27. The molecule has 0 aliphatic carbocycles. The van der Waals surface area contributed by atoms with Crippen molar-refractivity contribution in [3.63, 3.8) is 0 Å². The highest BCUT2D eigenvalue weighted by Gasteiger charge is 2.24. The van der Waals surface area contributed by atoms with Crippen molar-refractivity contribution in [1.82, 2.24) is 0 Å². The quantitative estimate of drug-likeness (QED) is 0.0544. The lowest BCUT2D eigenvalue weighted by Gasteiger charge is -2.13. The van der Waals surface area contributed by atoms with Crippen molar-refractivity contribution in [2.24, 2.45) is 11.8 Å². The van der Waals surface area contributed by atoms with E-state index in [4.69, 9.17) is 65.4 Å². The molecule has 0 bridgehead atoms. The first-order valence-corrected chi connectivity index (χ1v) is 15.7. The van der Waals surface area contributed by atoms with Crippen molar-refractivity contribution in [2.75, 3.05) is 14.2 Å². The first-order valence-electron chi connectivity index (χ1n) is 14.0. The van der Waals surface area contributed by atoms with Gasteiger partial charge in [-0.2, -0.15) is 0 Å². The van der Waals surface area contributed by atoms with Gasteiger partial charge in [0.25, 0.3) is 0 Å². The van der Waals surface area contributed by atoms with Gasteiger partial charge in [-0.3, -0.25) is 28.8 Å². The Labute approximate surface area is 291 Å². The summed E-state index contributed by atoms with van der Waals surface area (Å²) in [6.45, 7) is 3.01. The van der Waals surface area contributed by atoms with E-state index in [1.54, 1.807) is 12.1 Å². The van der Waals surface area contributed by atoms with Gasteiger partial charge in [-0.25, -0.2) is 0 Å². The Kier molecular flexibility index (Phi) is 16.1. The zero-order valence-corrected chi connectivity index (χ0v) is 28.8. The average Bonchev–Trinajstić information content (AvgIpc) is 3.03. The molecule has 252 valence electrons. The molecule has 2 atom stereocenters. The number of methoxy groups -OCH3 is 2. The second-order valence-electron chi connectivity index (χ2n) is 10.2. The molecule has 2 rings (SSSR count). The first kappa shape index (κ1) is 39.5. The SMILES string of the molecule is COc1cc(/C=C/C(=O)CC(=O)/C=C/c2ccc(OC(=O)C(C)CC(=O)C(Cl)Cl)c(OC)c2)ccc1OC(=O)C(C)CC(=O)C(Cl)Cl. The second kappa shape index (κ2) is 19.2. The van der Waals surface area contributed by atoms with Gasteiger partial charge in [0.1, 0.15) is 0 Å². The summed E-state index contributed by atoms with van der Waals surface area (Å²) in [4.78, 5) is 70.6. The largest absolute Gasteiger partial charge is 0.493 e. The summed E-state index contributed by atoms with van der Waals surface area (Å²) < 4.78 is 21.3. The summed E-state index contributed by atoms with van der Waals surface area (Å²) in [7, 11) is 2.74. The average molecular weight is 730 g/mol. The smallest absolute Gasteiger partial charge is 0.314 e. The van der Waals surface area contributed by atoms with E-state index in [2.05, 4.69) is 0 Å². The van der Waals surface area contributed by atoms with E-state index in [9.17, 15) is 28.8 Å². The van der Waals surface area contributed by atoms with Crippen LogP contribution in [0.15, 0.2) is 48.6 Å². The number of Topliss-reactive ketones (excluding diaryl/α,β-unsaturated/α-hetero) is 2. The van der Waals surface area contributed by atoms with Gasteiger partial charge in [-0.05, 0) is 47.5 Å². The summed E-state index contributed by atoms with van der Waals surface area (Å²) >= 11 is 22.1. The third-order valence-electron chi connectivity index (χ3n) is 6.37. The third-order valence-corrected chi connectivity index (χ3v) is 7.35. The number of ketones is 4. The molecule has 0 N–H and O–H groups in total. The predicted octanol–water partition coefficient (Wildman–Crippen LogP) is 6.57. The molecule has 2 aromatic carbocycles. The zero-order chi connectivity index (χ0) is 35.3. The van der Waals surface area contributed by atoms with E-state index < -0.39 is 63.0 Å². The maximum absolute atomic E-state index is 12.4. The number of hydrogen-bond acceptors (Lipinski definition) is 10. The Bertz CT molecular complexity index is 1430. The van der Waals surface area contributed by atoms with Crippen molar-refractivity contribution < 1.29 is 47.7 Å². The first-order chi connectivity index (χ1) is 22.1. The topological polar surface area (TPSA) is 139 Å². The summed E-state index contributed by atoms with van der Waals surface area (Å²) in [6.07, 6.45) is 4.62. The molecule has 14 heteroatoms. The molecule has 0 fully saturated rings. The van der Waals surface area contributed by atoms with Gasteiger partial charge in [-0.15, -0.1) is 0 Å². The number of rotatable bonds is 18. The van der Waals surface area contributed by atoms with Crippen LogP contribution in [0.3, 0.4) is 0 Å². The minimum absolute atomic E-state index is 0.106. The lowest BCUT2D eigenvalue weighted by molar-refractivity contribution is -0.140. The number of hydrogen-bond donors (Lipinski definition) is 0. The van der Waals surface area contributed by atoms with Crippen molar-refractivity contribution in [2.45, 2.75) is 42.8 Å². The van der Waals surface area contributed by atoms with Gasteiger partial charge in [0, 0.05) is 12.8 Å². The molecule has 2 unspecified atom stereocenters. The number of carbonyl (C=O) groups is 6. The van der Waals surface area contributed by atoms with Crippen LogP contribution in [0.2, 0.25) is 0 Å². The number of benzene rings is 2. The predicted molar refractivity (Wildman–Crippen MR) is 179 cm³/mol. The number of allylic oxidation sites excluding steroid dienone is 2. The molecule has 0 aromatic heterocycles. The fraction of sp³-hybridized carbons (Fsp3) is 0.333. The number of esters is 2. The van der Waals surface area contributed by atoms with Crippen molar-refractivity contribution >= 4 is 93.6 Å². The minimum Gasteiger partial charge on any atom is -0.493 e. The lowest BCUT2D eigenvalue weighted by Crippen LogP contribution is -2.23. The van der Waals surface area contributed by atoms with Gasteiger partial charge in [-0.1, -0.05) is 84.5 Å². The van der Waals surface area contributed by atoms with Crippen LogP contribution in [0.4, 0.5) is 0 Å². The van der Waals surface area contributed by atoms with E-state index in [-0.39, 0.29) is 35.8 Å². The highest BCUT2D eigenvalue weighted by molar-refractivity contribution is 6.54. The molecular weight excluding hydrogens is 698 g/mol. The Morgan fingerprint density at radius 2 is 0.979 bits per heavy atom. The molecule has 0 saturated carbocycles. The molecule has 0 aliphatic heterocycles.